The summed E-state index contributed by atoms with van der Waals surface area (Å²) in [7, 11) is 1.58. The number of aromatic amines is 1. The highest BCUT2D eigenvalue weighted by Gasteiger charge is 2.28. The van der Waals surface area contributed by atoms with Crippen molar-refractivity contribution in [1.82, 2.24) is 25.1 Å². The highest BCUT2D eigenvalue weighted by molar-refractivity contribution is 5.83. The number of rotatable bonds is 4. The maximum atomic E-state index is 12.6. The van der Waals surface area contributed by atoms with Crippen molar-refractivity contribution in [3.8, 4) is 17.1 Å². The Bertz CT molecular complexity index is 890. The predicted octanol–water partition coefficient (Wildman–Crippen LogP) is 1.96. The molecule has 4 heterocycles. The minimum absolute atomic E-state index is 0.0715. The summed E-state index contributed by atoms with van der Waals surface area (Å²) in [4.78, 5) is 22.9. The summed E-state index contributed by atoms with van der Waals surface area (Å²) in [5.74, 6) is 0.619. The maximum absolute atomic E-state index is 12.6. The maximum Gasteiger partial charge on any atom is 0.227 e. The fourth-order valence-electron chi connectivity index (χ4n) is 2.98. The molecule has 1 aliphatic heterocycles. The minimum Gasteiger partial charge on any atom is -0.481 e. The van der Waals surface area contributed by atoms with Crippen LogP contribution in [0.2, 0.25) is 0 Å². The summed E-state index contributed by atoms with van der Waals surface area (Å²) in [5.41, 5.74) is 4.41. The van der Waals surface area contributed by atoms with Crippen LogP contribution in [0.25, 0.3) is 11.3 Å². The Balaban J connectivity index is 1.58. The first-order chi connectivity index (χ1) is 12.2. The molecule has 4 rings (SSSR count). The van der Waals surface area contributed by atoms with Gasteiger partial charge in [0.1, 0.15) is 0 Å². The molecule has 0 bridgehead atoms. The Labute approximate surface area is 144 Å². The van der Waals surface area contributed by atoms with Gasteiger partial charge in [-0.1, -0.05) is 6.07 Å². The van der Waals surface area contributed by atoms with E-state index >= 15 is 0 Å². The van der Waals surface area contributed by atoms with E-state index in [2.05, 4.69) is 20.2 Å². The lowest BCUT2D eigenvalue weighted by molar-refractivity contribution is -0.132. The number of carbonyl (C=O) groups excluding carboxylic acids is 1. The van der Waals surface area contributed by atoms with Crippen LogP contribution in [0.1, 0.15) is 17.0 Å². The van der Waals surface area contributed by atoms with Crippen LogP contribution in [0.3, 0.4) is 0 Å². The van der Waals surface area contributed by atoms with Crippen LogP contribution in [0.15, 0.2) is 42.7 Å². The first kappa shape index (κ1) is 15.3. The third-order valence-electron chi connectivity index (χ3n) is 4.28. The Morgan fingerprint density at radius 2 is 2.16 bits per heavy atom. The summed E-state index contributed by atoms with van der Waals surface area (Å²) in [5, 5.41) is 7.47. The second kappa shape index (κ2) is 6.35. The van der Waals surface area contributed by atoms with E-state index in [4.69, 9.17) is 4.74 Å². The van der Waals surface area contributed by atoms with E-state index in [0.717, 1.165) is 28.2 Å². The smallest absolute Gasteiger partial charge is 0.227 e. The Kier molecular flexibility index (Phi) is 3.89. The van der Waals surface area contributed by atoms with Gasteiger partial charge in [-0.2, -0.15) is 5.10 Å². The molecule has 0 spiro atoms. The fraction of sp³-hybridized carbons (Fsp3) is 0.222. The number of ether oxygens (including phenoxy) is 1. The van der Waals surface area contributed by atoms with E-state index in [1.807, 2.05) is 24.3 Å². The highest BCUT2D eigenvalue weighted by Crippen LogP contribution is 2.29. The zero-order valence-electron chi connectivity index (χ0n) is 13.8. The number of hydrogen-bond acceptors (Lipinski definition) is 5. The monoisotopic (exact) mass is 335 g/mol. The van der Waals surface area contributed by atoms with Gasteiger partial charge in [0, 0.05) is 29.6 Å². The molecule has 1 amide bonds. The molecule has 25 heavy (non-hydrogen) atoms. The van der Waals surface area contributed by atoms with Gasteiger partial charge >= 0.3 is 0 Å². The molecule has 3 aromatic heterocycles. The molecule has 0 saturated carbocycles. The van der Waals surface area contributed by atoms with Crippen LogP contribution in [0.4, 0.5) is 0 Å². The van der Waals surface area contributed by atoms with Crippen molar-refractivity contribution < 1.29 is 9.53 Å². The molecular formula is C18H17N5O2. The van der Waals surface area contributed by atoms with E-state index in [1.165, 1.54) is 0 Å². The second-order valence-corrected chi connectivity index (χ2v) is 5.87. The van der Waals surface area contributed by atoms with Gasteiger partial charge < -0.3 is 9.64 Å². The van der Waals surface area contributed by atoms with Crippen LogP contribution < -0.4 is 4.74 Å². The topological polar surface area (TPSA) is 84.0 Å². The first-order valence-electron chi connectivity index (χ1n) is 7.99. The molecule has 0 aliphatic carbocycles. The standard InChI is InChI=1S/C18H17N5O2/c1-25-16-6-5-12(9-20-16)18-14-8-17(24)23(11-15(14)21-22-18)10-13-4-2-3-7-19-13/h2-7,9H,8,10-11H2,1H3,(H,21,22). The van der Waals surface area contributed by atoms with Gasteiger partial charge in [-0.25, -0.2) is 4.98 Å². The van der Waals surface area contributed by atoms with Crippen LogP contribution in [-0.2, 0) is 24.3 Å². The molecule has 3 aromatic rings. The van der Waals surface area contributed by atoms with E-state index in [1.54, 1.807) is 30.5 Å². The Hall–Kier alpha value is -3.22. The molecule has 0 saturated heterocycles. The number of H-pyrrole nitrogens is 1. The molecule has 7 heteroatoms. The molecule has 7 nitrogen and oxygen atoms in total. The van der Waals surface area contributed by atoms with Crippen LogP contribution >= 0.6 is 0 Å². The van der Waals surface area contributed by atoms with E-state index in [9.17, 15) is 4.79 Å². The Morgan fingerprint density at radius 1 is 1.24 bits per heavy atom. The van der Waals surface area contributed by atoms with Gasteiger partial charge in [0.15, 0.2) is 0 Å². The quantitative estimate of drug-likeness (QED) is 0.788. The molecule has 0 radical (unpaired) electrons. The summed E-state index contributed by atoms with van der Waals surface area (Å²) in [6.07, 6.45) is 3.76. The fourth-order valence-corrected chi connectivity index (χ4v) is 2.98. The molecule has 126 valence electrons. The van der Waals surface area contributed by atoms with Crippen molar-refractivity contribution in [3.05, 3.63) is 59.7 Å². The average Bonchev–Trinajstić information content (AvgIpc) is 3.05. The van der Waals surface area contributed by atoms with Crippen molar-refractivity contribution in [2.24, 2.45) is 0 Å². The minimum atomic E-state index is 0.0715. The van der Waals surface area contributed by atoms with Gasteiger partial charge in [-0.3, -0.25) is 14.9 Å². The molecule has 1 aliphatic rings. The van der Waals surface area contributed by atoms with Crippen LogP contribution in [0.5, 0.6) is 5.88 Å². The lowest BCUT2D eigenvalue weighted by Gasteiger charge is -2.26. The first-order valence-corrected chi connectivity index (χ1v) is 7.99. The summed E-state index contributed by atoms with van der Waals surface area (Å²) in [6, 6.07) is 9.39. The largest absolute Gasteiger partial charge is 0.481 e. The van der Waals surface area contributed by atoms with Gasteiger partial charge in [0.2, 0.25) is 11.8 Å². The number of nitrogens with one attached hydrogen (secondary N) is 1. The van der Waals surface area contributed by atoms with Gasteiger partial charge in [-0.15, -0.1) is 0 Å². The van der Waals surface area contributed by atoms with Gasteiger partial charge in [0.05, 0.1) is 43.7 Å². The number of hydrogen-bond donors (Lipinski definition) is 1. The van der Waals surface area contributed by atoms with Crippen molar-refractivity contribution in [1.29, 1.82) is 0 Å². The number of pyridine rings is 2. The molecule has 1 N–H and O–H groups in total. The summed E-state index contributed by atoms with van der Waals surface area (Å²) >= 11 is 0. The van der Waals surface area contributed by atoms with Crippen LogP contribution in [0, 0.1) is 0 Å². The SMILES string of the molecule is COc1ccc(-c2n[nH]c3c2CC(=O)N(Cc2ccccn2)C3)cn1. The lowest BCUT2D eigenvalue weighted by atomic mass is 10.0. The summed E-state index contributed by atoms with van der Waals surface area (Å²) in [6.45, 7) is 0.999. The third kappa shape index (κ3) is 2.96. The molecule has 0 fully saturated rings. The van der Waals surface area contributed by atoms with E-state index in [0.29, 0.717) is 25.4 Å². The summed E-state index contributed by atoms with van der Waals surface area (Å²) < 4.78 is 5.08. The van der Waals surface area contributed by atoms with E-state index in [-0.39, 0.29) is 5.91 Å². The molecule has 0 unspecified atom stereocenters. The number of methoxy groups -OCH3 is 1. The molecule has 0 aromatic carbocycles. The highest BCUT2D eigenvalue weighted by atomic mass is 16.5. The van der Waals surface area contributed by atoms with Gasteiger partial charge in [0.25, 0.3) is 0 Å². The average molecular weight is 335 g/mol. The normalized spacial score (nSPS) is 13.6. The van der Waals surface area contributed by atoms with Crippen molar-refractivity contribution in [2.75, 3.05) is 7.11 Å². The number of amides is 1. The number of aromatic nitrogens is 4. The molecular weight excluding hydrogens is 318 g/mol. The number of nitrogens with zero attached hydrogens (tertiary/aromatic N) is 4. The van der Waals surface area contributed by atoms with Crippen LogP contribution in [-0.4, -0.2) is 38.1 Å². The number of carbonyl (C=O) groups is 1. The molecule has 0 atom stereocenters. The van der Waals surface area contributed by atoms with Gasteiger partial charge in [-0.05, 0) is 18.2 Å². The van der Waals surface area contributed by atoms with Crippen molar-refractivity contribution >= 4 is 5.91 Å². The Morgan fingerprint density at radius 3 is 2.88 bits per heavy atom. The zero-order valence-corrected chi connectivity index (χ0v) is 13.8. The number of fused-ring (bicyclic) bond motifs is 1. The lowest BCUT2D eigenvalue weighted by Crippen LogP contribution is -2.35. The van der Waals surface area contributed by atoms with Crippen molar-refractivity contribution in [3.63, 3.8) is 0 Å². The second-order valence-electron chi connectivity index (χ2n) is 5.87. The predicted molar refractivity (Wildman–Crippen MR) is 90.6 cm³/mol. The zero-order chi connectivity index (χ0) is 17.2. The van der Waals surface area contributed by atoms with E-state index < -0.39 is 0 Å². The third-order valence-corrected chi connectivity index (χ3v) is 4.28. The van der Waals surface area contributed by atoms with Crippen molar-refractivity contribution in [2.45, 2.75) is 19.5 Å².